The van der Waals surface area contributed by atoms with Crippen molar-refractivity contribution in [3.05, 3.63) is 70.5 Å². The van der Waals surface area contributed by atoms with E-state index in [1.165, 1.54) is 36.4 Å². The largest absolute Gasteiger partial charge is 0.350 e. The zero-order chi connectivity index (χ0) is 22.8. The number of fused-ring (bicyclic) bond motifs is 1. The Morgan fingerprint density at radius 2 is 1.91 bits per heavy atom. The van der Waals surface area contributed by atoms with Gasteiger partial charge in [0.05, 0.1) is 0 Å². The lowest BCUT2D eigenvalue weighted by Gasteiger charge is -2.28. The molecule has 1 aliphatic heterocycles. The molecule has 170 valence electrons. The number of carbonyl (C=O) groups excluding carboxylic acids is 2. The fraction of sp³-hybridized carbons (Fsp3) is 0.417. The van der Waals surface area contributed by atoms with Crippen molar-refractivity contribution in [1.29, 1.82) is 0 Å². The first-order valence-electron chi connectivity index (χ1n) is 10.9. The lowest BCUT2D eigenvalue weighted by Crippen LogP contribution is -2.45. The number of nitrogens with two attached hydrogens (primary N) is 1. The number of amides is 2. The fourth-order valence-electron chi connectivity index (χ4n) is 4.86. The van der Waals surface area contributed by atoms with E-state index in [2.05, 4.69) is 5.32 Å². The third kappa shape index (κ3) is 4.65. The Labute approximate surface area is 184 Å². The van der Waals surface area contributed by atoms with Gasteiger partial charge in [-0.3, -0.25) is 9.59 Å². The summed E-state index contributed by atoms with van der Waals surface area (Å²) in [5, 5.41) is 2.78. The normalized spacial score (nSPS) is 20.8. The summed E-state index contributed by atoms with van der Waals surface area (Å²) in [6, 6.07) is 7.20. The first-order chi connectivity index (χ1) is 15.3. The van der Waals surface area contributed by atoms with Gasteiger partial charge in [0.15, 0.2) is 11.6 Å². The van der Waals surface area contributed by atoms with Crippen LogP contribution in [0.2, 0.25) is 0 Å². The van der Waals surface area contributed by atoms with Crippen LogP contribution in [-0.2, 0) is 11.2 Å². The Hall–Kier alpha value is -2.87. The second-order valence-corrected chi connectivity index (χ2v) is 8.58. The highest BCUT2D eigenvalue weighted by Crippen LogP contribution is 2.37. The van der Waals surface area contributed by atoms with Crippen LogP contribution in [0.25, 0.3) is 0 Å². The van der Waals surface area contributed by atoms with Gasteiger partial charge >= 0.3 is 0 Å². The van der Waals surface area contributed by atoms with Crippen LogP contribution in [0.1, 0.15) is 53.1 Å². The minimum absolute atomic E-state index is 0.0947. The smallest absolute Gasteiger partial charge is 0.251 e. The van der Waals surface area contributed by atoms with Crippen LogP contribution in [0.4, 0.5) is 13.2 Å². The van der Waals surface area contributed by atoms with E-state index in [0.717, 1.165) is 18.4 Å². The minimum Gasteiger partial charge on any atom is -0.350 e. The molecular weight excluding hydrogens is 419 g/mol. The number of hydrogen-bond acceptors (Lipinski definition) is 3. The van der Waals surface area contributed by atoms with Crippen LogP contribution in [0.15, 0.2) is 36.4 Å². The predicted molar refractivity (Wildman–Crippen MR) is 113 cm³/mol. The maximum absolute atomic E-state index is 13.7. The van der Waals surface area contributed by atoms with E-state index in [0.29, 0.717) is 24.9 Å². The summed E-state index contributed by atoms with van der Waals surface area (Å²) in [6.45, 7) is 0.847. The lowest BCUT2D eigenvalue weighted by atomic mass is 9.91. The summed E-state index contributed by atoms with van der Waals surface area (Å²) in [6.07, 6.45) is 2.92. The van der Waals surface area contributed by atoms with Crippen LogP contribution in [0.3, 0.4) is 0 Å². The van der Waals surface area contributed by atoms with Gasteiger partial charge in [-0.05, 0) is 67.1 Å². The standard InChI is InChI=1S/C24H26F3N3O2/c25-16-4-1-3-15(9-16)24(32)29-13-17-5-2-8-30(17)23(31)12-22(28)18-7-6-14-10-20(26)21(27)11-19(14)18/h1,3-4,9-11,17-18,22H,2,5-8,12-13,28H2,(H,29,32)/t17-,18-,22-/m0/s1. The highest BCUT2D eigenvalue weighted by molar-refractivity contribution is 5.94. The molecule has 4 rings (SSSR count). The van der Waals surface area contributed by atoms with Gasteiger partial charge in [-0.15, -0.1) is 0 Å². The Morgan fingerprint density at radius 1 is 1.12 bits per heavy atom. The van der Waals surface area contributed by atoms with Crippen molar-refractivity contribution < 1.29 is 22.8 Å². The van der Waals surface area contributed by atoms with Gasteiger partial charge in [-0.2, -0.15) is 0 Å². The van der Waals surface area contributed by atoms with Crippen LogP contribution in [0.5, 0.6) is 0 Å². The third-order valence-corrected chi connectivity index (χ3v) is 6.52. The molecule has 2 aromatic carbocycles. The van der Waals surface area contributed by atoms with E-state index in [1.807, 2.05) is 0 Å². The lowest BCUT2D eigenvalue weighted by molar-refractivity contribution is -0.132. The van der Waals surface area contributed by atoms with E-state index in [-0.39, 0.29) is 36.4 Å². The summed E-state index contributed by atoms with van der Waals surface area (Å²) in [4.78, 5) is 27.0. The second kappa shape index (κ2) is 9.32. The molecule has 2 aromatic rings. The number of likely N-dealkylation sites (tertiary alicyclic amines) is 1. The van der Waals surface area contributed by atoms with Gasteiger partial charge in [0.1, 0.15) is 5.82 Å². The molecule has 2 amide bonds. The number of halogens is 3. The zero-order valence-corrected chi connectivity index (χ0v) is 17.6. The zero-order valence-electron chi connectivity index (χ0n) is 17.6. The number of hydrogen-bond donors (Lipinski definition) is 2. The Kier molecular flexibility index (Phi) is 6.50. The van der Waals surface area contributed by atoms with Crippen molar-refractivity contribution >= 4 is 11.8 Å². The van der Waals surface area contributed by atoms with Crippen LogP contribution in [0, 0.1) is 17.5 Å². The minimum atomic E-state index is -0.900. The highest BCUT2D eigenvalue weighted by atomic mass is 19.2. The highest BCUT2D eigenvalue weighted by Gasteiger charge is 2.34. The first-order valence-corrected chi connectivity index (χ1v) is 10.9. The van der Waals surface area contributed by atoms with E-state index >= 15 is 0 Å². The number of nitrogens with zero attached hydrogens (tertiary/aromatic N) is 1. The average Bonchev–Trinajstić information content (AvgIpc) is 3.39. The summed E-state index contributed by atoms with van der Waals surface area (Å²) in [5.74, 6) is -2.95. The molecule has 5 nitrogen and oxygen atoms in total. The third-order valence-electron chi connectivity index (χ3n) is 6.52. The average molecular weight is 445 g/mol. The predicted octanol–water partition coefficient (Wildman–Crippen LogP) is 3.27. The van der Waals surface area contributed by atoms with Gasteiger partial charge < -0.3 is 16.0 Å². The molecule has 0 aromatic heterocycles. The van der Waals surface area contributed by atoms with E-state index in [1.54, 1.807) is 4.90 Å². The molecule has 1 aliphatic carbocycles. The van der Waals surface area contributed by atoms with Crippen molar-refractivity contribution in [1.82, 2.24) is 10.2 Å². The maximum Gasteiger partial charge on any atom is 0.251 e. The molecule has 1 fully saturated rings. The maximum atomic E-state index is 13.7. The molecule has 1 heterocycles. The van der Waals surface area contributed by atoms with Crippen molar-refractivity contribution in [3.63, 3.8) is 0 Å². The van der Waals surface area contributed by atoms with Crippen molar-refractivity contribution in [2.24, 2.45) is 5.73 Å². The molecule has 8 heteroatoms. The molecule has 0 spiro atoms. The van der Waals surface area contributed by atoms with Gasteiger partial charge in [0.25, 0.3) is 5.91 Å². The van der Waals surface area contributed by atoms with E-state index in [4.69, 9.17) is 5.73 Å². The van der Waals surface area contributed by atoms with E-state index < -0.39 is 29.4 Å². The van der Waals surface area contributed by atoms with Gasteiger partial charge in [0.2, 0.25) is 5.91 Å². The Bertz CT molecular complexity index is 1030. The second-order valence-electron chi connectivity index (χ2n) is 8.58. The Balaban J connectivity index is 1.35. The molecule has 32 heavy (non-hydrogen) atoms. The number of carbonyl (C=O) groups is 2. The molecule has 3 N–H and O–H groups in total. The van der Waals surface area contributed by atoms with Gasteiger partial charge in [-0.1, -0.05) is 6.07 Å². The summed E-state index contributed by atoms with van der Waals surface area (Å²) < 4.78 is 40.6. The molecular formula is C24H26F3N3O2. The number of benzene rings is 2. The van der Waals surface area contributed by atoms with Crippen molar-refractivity contribution in [3.8, 4) is 0 Å². The quantitative estimate of drug-likeness (QED) is 0.717. The molecule has 0 unspecified atom stereocenters. The number of rotatable bonds is 6. The number of nitrogens with one attached hydrogen (secondary N) is 1. The summed E-state index contributed by atoms with van der Waals surface area (Å²) in [7, 11) is 0. The fourth-order valence-corrected chi connectivity index (χ4v) is 4.86. The molecule has 2 aliphatic rings. The van der Waals surface area contributed by atoms with Crippen molar-refractivity contribution in [2.75, 3.05) is 13.1 Å². The molecule has 3 atom stereocenters. The van der Waals surface area contributed by atoms with Crippen LogP contribution < -0.4 is 11.1 Å². The molecule has 0 bridgehead atoms. The summed E-state index contributed by atoms with van der Waals surface area (Å²) in [5.41, 5.74) is 8.00. The topological polar surface area (TPSA) is 75.4 Å². The van der Waals surface area contributed by atoms with Gasteiger partial charge in [0, 0.05) is 43.1 Å². The molecule has 0 radical (unpaired) electrons. The Morgan fingerprint density at radius 3 is 2.69 bits per heavy atom. The van der Waals surface area contributed by atoms with Crippen molar-refractivity contribution in [2.45, 2.75) is 50.1 Å². The summed E-state index contributed by atoms with van der Waals surface area (Å²) >= 11 is 0. The number of aryl methyl sites for hydroxylation is 1. The van der Waals surface area contributed by atoms with Crippen LogP contribution in [-0.4, -0.2) is 41.9 Å². The molecule has 0 saturated carbocycles. The SMILES string of the molecule is N[C@@H](CC(=O)N1CCC[C@H]1CNC(=O)c1cccc(F)c1)[C@H]1CCc2cc(F)c(F)cc21. The monoisotopic (exact) mass is 445 g/mol. The van der Waals surface area contributed by atoms with Gasteiger partial charge in [-0.25, -0.2) is 13.2 Å². The molecule has 1 saturated heterocycles. The first kappa shape index (κ1) is 22.3. The van der Waals surface area contributed by atoms with E-state index in [9.17, 15) is 22.8 Å². The van der Waals surface area contributed by atoms with Crippen LogP contribution >= 0.6 is 0 Å².